The predicted octanol–water partition coefficient (Wildman–Crippen LogP) is 1.56. The minimum atomic E-state index is -1.18. The van der Waals surface area contributed by atoms with Crippen molar-refractivity contribution in [3.05, 3.63) is 33.1 Å². The van der Waals surface area contributed by atoms with Crippen LogP contribution in [0.3, 0.4) is 0 Å². The number of carbonyl (C=O) groups is 2. The SMILES string of the molecule is CC(=O)N[C@@H](Cc1cc(I)ccc1F)C(=O)O. The first kappa shape index (κ1) is 13.9. The van der Waals surface area contributed by atoms with Crippen LogP contribution in [0.4, 0.5) is 4.39 Å². The van der Waals surface area contributed by atoms with E-state index in [2.05, 4.69) is 5.32 Å². The number of amides is 1. The van der Waals surface area contributed by atoms with Crippen LogP contribution in [0.2, 0.25) is 0 Å². The van der Waals surface area contributed by atoms with Gasteiger partial charge in [0.1, 0.15) is 11.9 Å². The molecular weight excluding hydrogens is 340 g/mol. The van der Waals surface area contributed by atoms with Crippen LogP contribution in [0.25, 0.3) is 0 Å². The van der Waals surface area contributed by atoms with Crippen molar-refractivity contribution in [2.24, 2.45) is 0 Å². The predicted molar refractivity (Wildman–Crippen MR) is 68.1 cm³/mol. The smallest absolute Gasteiger partial charge is 0.326 e. The van der Waals surface area contributed by atoms with Crippen molar-refractivity contribution in [3.63, 3.8) is 0 Å². The van der Waals surface area contributed by atoms with Gasteiger partial charge in [-0.15, -0.1) is 0 Å². The zero-order valence-corrected chi connectivity index (χ0v) is 11.2. The van der Waals surface area contributed by atoms with Crippen LogP contribution in [-0.4, -0.2) is 23.0 Å². The fourth-order valence-electron chi connectivity index (χ4n) is 1.37. The van der Waals surface area contributed by atoms with Crippen LogP contribution in [0.1, 0.15) is 12.5 Å². The Bertz CT molecular complexity index is 450. The third-order valence-electron chi connectivity index (χ3n) is 2.11. The Morgan fingerprint density at radius 1 is 1.53 bits per heavy atom. The molecule has 1 atom stereocenters. The molecule has 0 unspecified atom stereocenters. The fraction of sp³-hybridized carbons (Fsp3) is 0.273. The van der Waals surface area contributed by atoms with Gasteiger partial charge in [0.05, 0.1) is 0 Å². The molecule has 92 valence electrons. The molecule has 0 aliphatic carbocycles. The molecule has 6 heteroatoms. The summed E-state index contributed by atoms with van der Waals surface area (Å²) in [6.07, 6.45) is -0.0718. The summed E-state index contributed by atoms with van der Waals surface area (Å²) in [4.78, 5) is 21.7. The Morgan fingerprint density at radius 2 is 2.18 bits per heavy atom. The number of halogens is 2. The Hall–Kier alpha value is -1.18. The van der Waals surface area contributed by atoms with Crippen molar-refractivity contribution in [3.8, 4) is 0 Å². The van der Waals surface area contributed by atoms with Gasteiger partial charge in [-0.1, -0.05) is 0 Å². The van der Waals surface area contributed by atoms with E-state index in [1.54, 1.807) is 12.1 Å². The highest BCUT2D eigenvalue weighted by atomic mass is 127. The largest absolute Gasteiger partial charge is 0.480 e. The molecule has 1 aromatic carbocycles. The second kappa shape index (κ2) is 5.95. The lowest BCUT2D eigenvalue weighted by molar-refractivity contribution is -0.141. The normalized spacial score (nSPS) is 11.9. The van der Waals surface area contributed by atoms with Crippen LogP contribution in [-0.2, 0) is 16.0 Å². The highest BCUT2D eigenvalue weighted by molar-refractivity contribution is 14.1. The number of rotatable bonds is 4. The van der Waals surface area contributed by atoms with Gasteiger partial charge < -0.3 is 10.4 Å². The lowest BCUT2D eigenvalue weighted by Gasteiger charge is -2.13. The van der Waals surface area contributed by atoms with Crippen LogP contribution in [0.15, 0.2) is 18.2 Å². The molecule has 0 aliphatic heterocycles. The third kappa shape index (κ3) is 4.29. The molecule has 0 radical (unpaired) electrons. The van der Waals surface area contributed by atoms with E-state index in [4.69, 9.17) is 5.11 Å². The van der Waals surface area contributed by atoms with Gasteiger partial charge in [0.15, 0.2) is 0 Å². The lowest BCUT2D eigenvalue weighted by atomic mass is 10.1. The maximum absolute atomic E-state index is 13.4. The Labute approximate surface area is 111 Å². The molecule has 1 aromatic rings. The summed E-state index contributed by atoms with van der Waals surface area (Å²) < 4.78 is 14.2. The molecule has 0 aliphatic rings. The van der Waals surface area contributed by atoms with E-state index in [1.165, 1.54) is 13.0 Å². The molecule has 2 N–H and O–H groups in total. The number of carboxylic acid groups (broad SMARTS) is 1. The van der Waals surface area contributed by atoms with E-state index >= 15 is 0 Å². The van der Waals surface area contributed by atoms with Crippen LogP contribution in [0.5, 0.6) is 0 Å². The average molecular weight is 351 g/mol. The van der Waals surface area contributed by atoms with E-state index in [9.17, 15) is 14.0 Å². The average Bonchev–Trinajstić information content (AvgIpc) is 2.21. The number of aliphatic carboxylic acids is 1. The Morgan fingerprint density at radius 3 is 2.71 bits per heavy atom. The summed E-state index contributed by atoms with van der Waals surface area (Å²) in [6.45, 7) is 1.22. The molecule has 1 amide bonds. The van der Waals surface area contributed by atoms with E-state index in [-0.39, 0.29) is 12.0 Å². The number of carbonyl (C=O) groups excluding carboxylic acids is 1. The first-order valence-electron chi connectivity index (χ1n) is 4.84. The van der Waals surface area contributed by atoms with Crippen molar-refractivity contribution in [2.45, 2.75) is 19.4 Å². The molecule has 0 aromatic heterocycles. The second-order valence-electron chi connectivity index (χ2n) is 3.53. The summed E-state index contributed by atoms with van der Waals surface area (Å²) >= 11 is 2.01. The van der Waals surface area contributed by atoms with Gasteiger partial charge in [-0.05, 0) is 46.4 Å². The first-order valence-corrected chi connectivity index (χ1v) is 5.92. The summed E-state index contributed by atoms with van der Waals surface area (Å²) in [7, 11) is 0. The van der Waals surface area contributed by atoms with E-state index in [0.717, 1.165) is 3.57 Å². The number of carboxylic acids is 1. The molecular formula is C11H11FINO3. The number of nitrogens with one attached hydrogen (secondary N) is 1. The van der Waals surface area contributed by atoms with Gasteiger partial charge in [-0.3, -0.25) is 4.79 Å². The van der Waals surface area contributed by atoms with Crippen molar-refractivity contribution in [1.82, 2.24) is 5.32 Å². The van der Waals surface area contributed by atoms with Crippen molar-refractivity contribution in [2.75, 3.05) is 0 Å². The van der Waals surface area contributed by atoms with E-state index in [1.807, 2.05) is 22.6 Å². The summed E-state index contributed by atoms with van der Waals surface area (Å²) in [5.74, 6) is -2.11. The lowest BCUT2D eigenvalue weighted by Crippen LogP contribution is -2.41. The monoisotopic (exact) mass is 351 g/mol. The molecule has 0 bridgehead atoms. The number of hydrogen-bond donors (Lipinski definition) is 2. The van der Waals surface area contributed by atoms with E-state index in [0.29, 0.717) is 0 Å². The first-order chi connectivity index (χ1) is 7.90. The molecule has 4 nitrogen and oxygen atoms in total. The van der Waals surface area contributed by atoms with Crippen LogP contribution < -0.4 is 5.32 Å². The van der Waals surface area contributed by atoms with Gasteiger partial charge >= 0.3 is 5.97 Å². The minimum absolute atomic E-state index is 0.0718. The number of benzene rings is 1. The van der Waals surface area contributed by atoms with Gasteiger partial charge in [0.25, 0.3) is 0 Å². The molecule has 0 heterocycles. The Kier molecular flexibility index (Phi) is 4.86. The zero-order valence-electron chi connectivity index (χ0n) is 9.04. The quantitative estimate of drug-likeness (QED) is 0.810. The zero-order chi connectivity index (χ0) is 13.0. The van der Waals surface area contributed by atoms with Crippen LogP contribution >= 0.6 is 22.6 Å². The number of hydrogen-bond acceptors (Lipinski definition) is 2. The summed E-state index contributed by atoms with van der Waals surface area (Å²) in [6, 6.07) is 3.32. The van der Waals surface area contributed by atoms with Gasteiger partial charge in [0, 0.05) is 16.9 Å². The molecule has 0 saturated carbocycles. The molecule has 0 spiro atoms. The van der Waals surface area contributed by atoms with Gasteiger partial charge in [0.2, 0.25) is 5.91 Å². The second-order valence-corrected chi connectivity index (χ2v) is 4.78. The minimum Gasteiger partial charge on any atom is -0.480 e. The van der Waals surface area contributed by atoms with Crippen molar-refractivity contribution >= 4 is 34.5 Å². The van der Waals surface area contributed by atoms with Crippen molar-refractivity contribution < 1.29 is 19.1 Å². The molecule has 0 fully saturated rings. The fourth-order valence-corrected chi connectivity index (χ4v) is 1.92. The maximum Gasteiger partial charge on any atom is 0.326 e. The van der Waals surface area contributed by atoms with Gasteiger partial charge in [-0.25, -0.2) is 9.18 Å². The molecule has 0 saturated heterocycles. The Balaban J connectivity index is 2.89. The van der Waals surface area contributed by atoms with Gasteiger partial charge in [-0.2, -0.15) is 0 Å². The van der Waals surface area contributed by atoms with E-state index < -0.39 is 23.7 Å². The molecule has 17 heavy (non-hydrogen) atoms. The third-order valence-corrected chi connectivity index (χ3v) is 2.78. The van der Waals surface area contributed by atoms with Crippen molar-refractivity contribution in [1.29, 1.82) is 0 Å². The van der Waals surface area contributed by atoms with Crippen LogP contribution in [0, 0.1) is 9.39 Å². The standard InChI is InChI=1S/C11H11FINO3/c1-6(15)14-10(11(16)17)5-7-4-8(13)2-3-9(7)12/h2-4,10H,5H2,1H3,(H,14,15)(H,16,17)/t10-/m0/s1. The highest BCUT2D eigenvalue weighted by Gasteiger charge is 2.20. The summed E-state index contributed by atoms with van der Waals surface area (Å²) in [5.41, 5.74) is 0.276. The topological polar surface area (TPSA) is 66.4 Å². The highest BCUT2D eigenvalue weighted by Crippen LogP contribution is 2.14. The summed E-state index contributed by atoms with van der Waals surface area (Å²) in [5, 5.41) is 11.2. The maximum atomic E-state index is 13.4. The molecule has 1 rings (SSSR count).